The van der Waals surface area contributed by atoms with Crippen LogP contribution in [0.15, 0.2) is 138 Å². The molecule has 55 heavy (non-hydrogen) atoms. The number of fused-ring (bicyclic) bond motifs is 13. The first kappa shape index (κ1) is 31.4. The highest BCUT2D eigenvalue weighted by Gasteiger charge is 2.38. The summed E-state index contributed by atoms with van der Waals surface area (Å²) in [4.78, 5) is 15.8. The van der Waals surface area contributed by atoms with E-state index < -0.39 is 0 Å². The fraction of sp³-hybridized carbons (Fsp3) is 0.122. The van der Waals surface area contributed by atoms with Gasteiger partial charge in [-0.15, -0.1) is 22.7 Å². The third-order valence-electron chi connectivity index (χ3n) is 12.2. The van der Waals surface area contributed by atoms with Crippen molar-refractivity contribution in [1.29, 1.82) is 0 Å². The highest BCUT2D eigenvalue weighted by Crippen LogP contribution is 2.51. The summed E-state index contributed by atoms with van der Waals surface area (Å²) in [7, 11) is 0. The average molecular weight is 744 g/mol. The molecular formula is C49H33N3OS2. The predicted molar refractivity (Wildman–Crippen MR) is 228 cm³/mol. The molecule has 10 aromatic rings. The quantitative estimate of drug-likeness (QED) is 0.181. The molecule has 0 N–H and O–H groups in total. The predicted octanol–water partition coefficient (Wildman–Crippen LogP) is 13.6. The van der Waals surface area contributed by atoms with E-state index in [0.29, 0.717) is 17.5 Å². The van der Waals surface area contributed by atoms with Crippen molar-refractivity contribution in [2.24, 2.45) is 0 Å². The van der Waals surface area contributed by atoms with Gasteiger partial charge in [0, 0.05) is 79.5 Å². The van der Waals surface area contributed by atoms with E-state index in [1.165, 1.54) is 79.3 Å². The Morgan fingerprint density at radius 2 is 1.11 bits per heavy atom. The molecule has 262 valence electrons. The van der Waals surface area contributed by atoms with Crippen molar-refractivity contribution in [1.82, 2.24) is 15.0 Å². The molecule has 1 atom stereocenters. The van der Waals surface area contributed by atoms with Crippen molar-refractivity contribution in [3.8, 4) is 45.3 Å². The number of furan rings is 1. The Morgan fingerprint density at radius 3 is 1.76 bits per heavy atom. The Bertz CT molecular complexity index is 3090. The lowest BCUT2D eigenvalue weighted by Gasteiger charge is -2.32. The summed E-state index contributed by atoms with van der Waals surface area (Å²) in [6.07, 6.45) is 6.03. The Morgan fingerprint density at radius 1 is 0.527 bits per heavy atom. The SMILES string of the molecule is CC1(C)c2cocc2C2CCc3c(cccc31)-c1cc(-c3nc(-c4ccc5sc6ccccc6c5c4)nc(-c4ccc5sc6ccccc6c5c4)n3)ccc12. The van der Waals surface area contributed by atoms with Gasteiger partial charge in [-0.05, 0) is 95.3 Å². The summed E-state index contributed by atoms with van der Waals surface area (Å²) in [5.74, 6) is 2.25. The minimum atomic E-state index is -0.168. The lowest BCUT2D eigenvalue weighted by atomic mass is 9.70. The molecule has 4 heterocycles. The van der Waals surface area contributed by atoms with E-state index in [4.69, 9.17) is 19.4 Å². The van der Waals surface area contributed by atoms with Gasteiger partial charge >= 0.3 is 0 Å². The first-order valence-electron chi connectivity index (χ1n) is 18.9. The lowest BCUT2D eigenvalue weighted by molar-refractivity contribution is 0.548. The number of rotatable bonds is 3. The highest BCUT2D eigenvalue weighted by molar-refractivity contribution is 7.26. The van der Waals surface area contributed by atoms with Gasteiger partial charge in [0.05, 0.1) is 12.5 Å². The van der Waals surface area contributed by atoms with Crippen LogP contribution in [0.2, 0.25) is 0 Å². The topological polar surface area (TPSA) is 51.8 Å². The van der Waals surface area contributed by atoms with Crippen LogP contribution in [0.5, 0.6) is 0 Å². The highest BCUT2D eigenvalue weighted by atomic mass is 32.1. The molecule has 4 nitrogen and oxygen atoms in total. The first-order valence-corrected chi connectivity index (χ1v) is 20.5. The Labute approximate surface area is 325 Å². The van der Waals surface area contributed by atoms with Gasteiger partial charge in [0.2, 0.25) is 0 Å². The maximum atomic E-state index is 5.97. The molecule has 0 saturated heterocycles. The minimum Gasteiger partial charge on any atom is -0.472 e. The molecule has 6 aromatic carbocycles. The number of hydrogen-bond acceptors (Lipinski definition) is 6. The first-order chi connectivity index (χ1) is 27.0. The van der Waals surface area contributed by atoms with Crippen LogP contribution in [0.1, 0.15) is 54.0 Å². The van der Waals surface area contributed by atoms with Gasteiger partial charge in [0.15, 0.2) is 17.5 Å². The molecule has 0 radical (unpaired) electrons. The number of benzene rings is 6. The smallest absolute Gasteiger partial charge is 0.164 e. The van der Waals surface area contributed by atoms with Crippen LogP contribution in [0.3, 0.4) is 0 Å². The second-order valence-electron chi connectivity index (χ2n) is 15.5. The molecule has 6 heteroatoms. The maximum Gasteiger partial charge on any atom is 0.164 e. The zero-order valence-electron chi connectivity index (χ0n) is 30.3. The van der Waals surface area contributed by atoms with Crippen LogP contribution in [0, 0.1) is 0 Å². The number of aromatic nitrogens is 3. The Balaban J connectivity index is 1.09. The Hall–Kier alpha value is -5.95. The van der Waals surface area contributed by atoms with Crippen molar-refractivity contribution in [3.63, 3.8) is 0 Å². The van der Waals surface area contributed by atoms with Gasteiger partial charge in [-0.3, -0.25) is 0 Å². The molecule has 4 aromatic heterocycles. The molecule has 0 saturated carbocycles. The summed E-state index contributed by atoms with van der Waals surface area (Å²) in [5.41, 5.74) is 12.1. The summed E-state index contributed by atoms with van der Waals surface area (Å²) < 4.78 is 11.0. The number of thiophene rings is 2. The molecule has 2 aliphatic carbocycles. The van der Waals surface area contributed by atoms with E-state index in [-0.39, 0.29) is 11.3 Å². The fourth-order valence-electron chi connectivity index (χ4n) is 9.42. The van der Waals surface area contributed by atoms with Crippen LogP contribution in [0.25, 0.3) is 85.6 Å². The van der Waals surface area contributed by atoms with Crippen molar-refractivity contribution in [2.75, 3.05) is 0 Å². The Kier molecular flexibility index (Phi) is 6.58. The summed E-state index contributed by atoms with van der Waals surface area (Å²) >= 11 is 3.65. The monoisotopic (exact) mass is 743 g/mol. The summed E-state index contributed by atoms with van der Waals surface area (Å²) in [5, 5.41) is 4.97. The zero-order valence-corrected chi connectivity index (χ0v) is 31.9. The van der Waals surface area contributed by atoms with Crippen LogP contribution in [0.4, 0.5) is 0 Å². The van der Waals surface area contributed by atoms with E-state index in [2.05, 4.69) is 135 Å². The van der Waals surface area contributed by atoms with E-state index in [9.17, 15) is 0 Å². The van der Waals surface area contributed by atoms with Gasteiger partial charge < -0.3 is 4.42 Å². The minimum absolute atomic E-state index is 0.168. The summed E-state index contributed by atoms with van der Waals surface area (Å²) in [6.45, 7) is 4.68. The number of nitrogens with zero attached hydrogens (tertiary/aromatic N) is 3. The number of hydrogen-bond donors (Lipinski definition) is 0. The average Bonchev–Trinajstić information content (AvgIpc) is 3.93. The van der Waals surface area contributed by atoms with E-state index >= 15 is 0 Å². The molecule has 2 bridgehead atoms. The molecule has 0 aliphatic heterocycles. The normalized spacial score (nSPS) is 15.6. The van der Waals surface area contributed by atoms with Gasteiger partial charge in [-0.1, -0.05) is 80.6 Å². The molecule has 2 aliphatic rings. The third kappa shape index (κ3) is 4.65. The van der Waals surface area contributed by atoms with Gasteiger partial charge in [-0.2, -0.15) is 0 Å². The molecule has 1 unspecified atom stereocenters. The van der Waals surface area contributed by atoms with Crippen molar-refractivity contribution >= 4 is 63.0 Å². The van der Waals surface area contributed by atoms with Crippen LogP contribution in [-0.4, -0.2) is 15.0 Å². The van der Waals surface area contributed by atoms with E-state index in [1.54, 1.807) is 0 Å². The van der Waals surface area contributed by atoms with Gasteiger partial charge in [0.1, 0.15) is 0 Å². The molecule has 0 spiro atoms. The van der Waals surface area contributed by atoms with Crippen molar-refractivity contribution in [2.45, 2.75) is 38.0 Å². The largest absolute Gasteiger partial charge is 0.472 e. The van der Waals surface area contributed by atoms with Gasteiger partial charge in [-0.25, -0.2) is 15.0 Å². The molecule has 12 rings (SSSR count). The molecular weight excluding hydrogens is 711 g/mol. The zero-order chi connectivity index (χ0) is 36.4. The van der Waals surface area contributed by atoms with Crippen molar-refractivity contribution in [3.05, 3.63) is 162 Å². The summed E-state index contributed by atoms with van der Waals surface area (Å²) in [6, 6.07) is 44.3. The maximum absolute atomic E-state index is 5.97. The second-order valence-corrected chi connectivity index (χ2v) is 17.7. The standard InChI is InChI=1S/C49H33N3OS2/c1-49(2)40-11-7-10-30-33(40)19-18-32(39-25-53-26-41(39)49)31-17-14-27(22-36(30)31)46-50-47(28-15-20-44-37(23-28)34-8-3-5-12-42(34)54-44)52-48(51-46)29-16-21-45-38(24-29)35-9-4-6-13-43(35)55-45/h3-17,20-26,32H,18-19H2,1-2H3. The molecule has 0 fully saturated rings. The van der Waals surface area contributed by atoms with E-state index in [1.807, 2.05) is 35.2 Å². The second kappa shape index (κ2) is 11.5. The third-order valence-corrected chi connectivity index (χ3v) is 14.5. The lowest BCUT2D eigenvalue weighted by Crippen LogP contribution is -2.24. The van der Waals surface area contributed by atoms with Gasteiger partial charge in [0.25, 0.3) is 0 Å². The van der Waals surface area contributed by atoms with Crippen LogP contribution >= 0.6 is 22.7 Å². The van der Waals surface area contributed by atoms with Crippen LogP contribution in [-0.2, 0) is 11.8 Å². The fourth-order valence-corrected chi connectivity index (χ4v) is 11.6. The van der Waals surface area contributed by atoms with E-state index in [0.717, 1.165) is 29.5 Å². The molecule has 0 amide bonds. The van der Waals surface area contributed by atoms with Crippen molar-refractivity contribution < 1.29 is 4.42 Å². The van der Waals surface area contributed by atoms with Crippen LogP contribution < -0.4 is 0 Å².